The first-order valence-electron chi connectivity index (χ1n) is 12.0. The van der Waals surface area contributed by atoms with Crippen LogP contribution in [-0.2, 0) is 21.8 Å². The minimum absolute atomic E-state index is 0.00865. The van der Waals surface area contributed by atoms with Crippen LogP contribution in [0.15, 0.2) is 54.6 Å². The summed E-state index contributed by atoms with van der Waals surface area (Å²) in [6.07, 6.45) is 6.99. The number of nitrogens with one attached hydrogen (secondary N) is 1. The lowest BCUT2D eigenvalue weighted by Crippen LogP contribution is -2.52. The number of thioether (sulfide) groups is 1. The summed E-state index contributed by atoms with van der Waals surface area (Å²) in [5, 5.41) is 3.94. The number of amides is 2. The van der Waals surface area contributed by atoms with E-state index in [-0.39, 0.29) is 17.9 Å². The largest absolute Gasteiger partial charge is 0.352 e. The number of hydrogen-bond donors (Lipinski definition) is 1. The quantitative estimate of drug-likeness (QED) is 0.432. The molecule has 0 spiro atoms. The van der Waals surface area contributed by atoms with Crippen molar-refractivity contribution in [2.45, 2.75) is 69.7 Å². The Hall–Kier alpha value is -1.98. The first kappa shape index (κ1) is 25.6. The second-order valence-electron chi connectivity index (χ2n) is 8.71. The zero-order valence-electron chi connectivity index (χ0n) is 19.5. The summed E-state index contributed by atoms with van der Waals surface area (Å²) in [4.78, 5) is 28.3. The monoisotopic (exact) mass is 486 g/mol. The maximum Gasteiger partial charge on any atom is 0.243 e. The van der Waals surface area contributed by atoms with Crippen molar-refractivity contribution in [3.8, 4) is 0 Å². The van der Waals surface area contributed by atoms with Crippen molar-refractivity contribution in [1.82, 2.24) is 10.2 Å². The first-order chi connectivity index (χ1) is 16.1. The summed E-state index contributed by atoms with van der Waals surface area (Å²) in [5.41, 5.74) is 2.27. The van der Waals surface area contributed by atoms with E-state index < -0.39 is 6.04 Å². The van der Waals surface area contributed by atoms with Crippen molar-refractivity contribution in [1.29, 1.82) is 0 Å². The van der Waals surface area contributed by atoms with Crippen LogP contribution in [0.25, 0.3) is 0 Å². The molecule has 2 amide bonds. The lowest BCUT2D eigenvalue weighted by molar-refractivity contribution is -0.139. The zero-order valence-corrected chi connectivity index (χ0v) is 21.0. The van der Waals surface area contributed by atoms with Crippen LogP contribution in [0, 0.1) is 0 Å². The van der Waals surface area contributed by atoms with Gasteiger partial charge in [-0.3, -0.25) is 9.59 Å². The highest BCUT2D eigenvalue weighted by Gasteiger charge is 2.29. The van der Waals surface area contributed by atoms with Crippen LogP contribution in [-0.4, -0.2) is 41.1 Å². The molecule has 1 fully saturated rings. The van der Waals surface area contributed by atoms with E-state index in [0.29, 0.717) is 29.5 Å². The highest BCUT2D eigenvalue weighted by molar-refractivity contribution is 7.99. The third-order valence-corrected chi connectivity index (χ3v) is 7.43. The van der Waals surface area contributed by atoms with Crippen LogP contribution < -0.4 is 5.32 Å². The number of benzene rings is 2. The predicted octanol–water partition coefficient (Wildman–Crippen LogP) is 5.87. The van der Waals surface area contributed by atoms with Crippen LogP contribution >= 0.6 is 23.4 Å². The van der Waals surface area contributed by atoms with Gasteiger partial charge in [-0.05, 0) is 48.9 Å². The standard InChI is InChI=1S/C27H35ClN2O2S/c1-2-25(27(32)29-24-14-7-4-8-15-24)30(17-16-21-10-5-3-6-11-21)26(31)20-33-19-22-12-9-13-23(28)18-22/h3,5-6,9-13,18,24-25H,2,4,7-8,14-17,19-20H2,1H3,(H,29,32)/t25-/m1/s1. The summed E-state index contributed by atoms with van der Waals surface area (Å²) in [6.45, 7) is 2.53. The molecule has 2 aromatic rings. The maximum absolute atomic E-state index is 13.3. The van der Waals surface area contributed by atoms with Gasteiger partial charge in [-0.25, -0.2) is 0 Å². The van der Waals surface area contributed by atoms with E-state index in [4.69, 9.17) is 11.6 Å². The maximum atomic E-state index is 13.3. The molecule has 0 radical (unpaired) electrons. The summed E-state index contributed by atoms with van der Waals surface area (Å²) >= 11 is 7.65. The number of carbonyl (C=O) groups is 2. The van der Waals surface area contributed by atoms with Crippen molar-refractivity contribution < 1.29 is 9.59 Å². The van der Waals surface area contributed by atoms with Gasteiger partial charge in [0.2, 0.25) is 11.8 Å². The summed E-state index contributed by atoms with van der Waals surface area (Å²) in [7, 11) is 0. The van der Waals surface area contributed by atoms with E-state index in [2.05, 4.69) is 17.4 Å². The fourth-order valence-electron chi connectivity index (χ4n) is 4.41. The molecule has 178 valence electrons. The number of halogens is 1. The minimum atomic E-state index is -0.435. The van der Waals surface area contributed by atoms with Crippen LogP contribution in [0.1, 0.15) is 56.6 Å². The van der Waals surface area contributed by atoms with E-state index in [1.54, 1.807) is 16.7 Å². The summed E-state index contributed by atoms with van der Waals surface area (Å²) < 4.78 is 0. The lowest BCUT2D eigenvalue weighted by Gasteiger charge is -2.32. The van der Waals surface area contributed by atoms with Gasteiger partial charge in [-0.2, -0.15) is 0 Å². The molecule has 0 heterocycles. The third kappa shape index (κ3) is 8.38. The van der Waals surface area contributed by atoms with Gasteiger partial charge in [0.1, 0.15) is 6.04 Å². The fraction of sp³-hybridized carbons (Fsp3) is 0.481. The van der Waals surface area contributed by atoms with Crippen molar-refractivity contribution in [2.75, 3.05) is 12.3 Å². The Balaban J connectivity index is 1.64. The molecule has 6 heteroatoms. The molecule has 1 atom stereocenters. The Bertz CT molecular complexity index is 887. The molecule has 3 rings (SSSR count). The molecule has 1 N–H and O–H groups in total. The van der Waals surface area contributed by atoms with Crippen LogP contribution in [0.4, 0.5) is 0 Å². The molecule has 0 saturated heterocycles. The van der Waals surface area contributed by atoms with Crippen molar-refractivity contribution in [2.24, 2.45) is 0 Å². The van der Waals surface area contributed by atoms with Crippen LogP contribution in [0.5, 0.6) is 0 Å². The van der Waals surface area contributed by atoms with Gasteiger partial charge in [0.05, 0.1) is 5.75 Å². The second-order valence-corrected chi connectivity index (χ2v) is 10.1. The van der Waals surface area contributed by atoms with E-state index >= 15 is 0 Å². The van der Waals surface area contributed by atoms with Crippen LogP contribution in [0.2, 0.25) is 5.02 Å². The third-order valence-electron chi connectivity index (χ3n) is 6.20. The molecule has 0 bridgehead atoms. The van der Waals surface area contributed by atoms with Crippen LogP contribution in [0.3, 0.4) is 0 Å². The smallest absolute Gasteiger partial charge is 0.243 e. The van der Waals surface area contributed by atoms with E-state index in [1.807, 2.05) is 49.4 Å². The van der Waals surface area contributed by atoms with Gasteiger partial charge in [0.25, 0.3) is 0 Å². The van der Waals surface area contributed by atoms with Crippen molar-refractivity contribution >= 4 is 35.2 Å². The SMILES string of the molecule is CC[C@H](C(=O)NC1CCCCC1)N(CCc1ccccc1)C(=O)CSCc1cccc(Cl)c1. The van der Waals surface area contributed by atoms with Crippen molar-refractivity contribution in [3.05, 3.63) is 70.7 Å². The molecule has 4 nitrogen and oxygen atoms in total. The second kappa shape index (κ2) is 13.7. The molecular weight excluding hydrogens is 452 g/mol. The molecule has 1 saturated carbocycles. The number of nitrogens with zero attached hydrogens (tertiary/aromatic N) is 1. The first-order valence-corrected chi connectivity index (χ1v) is 13.6. The zero-order chi connectivity index (χ0) is 23.5. The Morgan fingerprint density at radius 2 is 1.79 bits per heavy atom. The molecule has 1 aliphatic carbocycles. The highest BCUT2D eigenvalue weighted by atomic mass is 35.5. The van der Waals surface area contributed by atoms with Gasteiger partial charge in [0.15, 0.2) is 0 Å². The Morgan fingerprint density at radius 3 is 2.48 bits per heavy atom. The Kier molecular flexibility index (Phi) is 10.6. The van der Waals surface area contributed by atoms with Gasteiger partial charge < -0.3 is 10.2 Å². The van der Waals surface area contributed by atoms with Gasteiger partial charge >= 0.3 is 0 Å². The van der Waals surface area contributed by atoms with Crippen molar-refractivity contribution in [3.63, 3.8) is 0 Å². The average Bonchev–Trinajstić information content (AvgIpc) is 2.83. The summed E-state index contributed by atoms with van der Waals surface area (Å²) in [6, 6.07) is 17.7. The molecular formula is C27H35ClN2O2S. The number of carbonyl (C=O) groups excluding carboxylic acids is 2. The van der Waals surface area contributed by atoms with Gasteiger partial charge in [-0.1, -0.05) is 80.3 Å². The van der Waals surface area contributed by atoms with E-state index in [0.717, 1.165) is 24.8 Å². The number of hydrogen-bond acceptors (Lipinski definition) is 3. The molecule has 0 aliphatic heterocycles. The van der Waals surface area contributed by atoms with Gasteiger partial charge in [0, 0.05) is 23.4 Å². The van der Waals surface area contributed by atoms with E-state index in [9.17, 15) is 9.59 Å². The Morgan fingerprint density at radius 1 is 1.06 bits per heavy atom. The van der Waals surface area contributed by atoms with Gasteiger partial charge in [-0.15, -0.1) is 11.8 Å². The van der Waals surface area contributed by atoms with E-state index in [1.165, 1.54) is 24.8 Å². The minimum Gasteiger partial charge on any atom is -0.352 e. The fourth-order valence-corrected chi connectivity index (χ4v) is 5.48. The Labute approximate surface area is 207 Å². The summed E-state index contributed by atoms with van der Waals surface area (Å²) in [5.74, 6) is 1.06. The highest BCUT2D eigenvalue weighted by Crippen LogP contribution is 2.20. The normalized spacial score (nSPS) is 15.1. The molecule has 33 heavy (non-hydrogen) atoms. The molecule has 0 unspecified atom stereocenters. The molecule has 0 aromatic heterocycles. The lowest BCUT2D eigenvalue weighted by atomic mass is 9.95. The molecule has 1 aliphatic rings. The topological polar surface area (TPSA) is 49.4 Å². The molecule has 2 aromatic carbocycles. The predicted molar refractivity (Wildman–Crippen MR) is 139 cm³/mol. The average molecular weight is 487 g/mol. The number of rotatable bonds is 11.